The van der Waals surface area contributed by atoms with Crippen LogP contribution in [-0.2, 0) is 0 Å². The Balaban J connectivity index is 1.79. The normalized spacial score (nSPS) is 16.9. The molecule has 2 heterocycles. The van der Waals surface area contributed by atoms with Gasteiger partial charge in [0.1, 0.15) is 0 Å². The van der Waals surface area contributed by atoms with E-state index in [1.54, 1.807) is 0 Å². The first-order valence-corrected chi connectivity index (χ1v) is 7.21. The van der Waals surface area contributed by atoms with Crippen molar-refractivity contribution in [3.8, 4) is 0 Å². The number of pyridine rings is 1. The predicted octanol–water partition coefficient (Wildman–Crippen LogP) is 1.53. The first-order valence-electron chi connectivity index (χ1n) is 7.21. The molecule has 0 saturated carbocycles. The highest BCUT2D eigenvalue weighted by Crippen LogP contribution is 2.25. The van der Waals surface area contributed by atoms with E-state index in [1.165, 1.54) is 0 Å². The molecule has 1 aliphatic heterocycles. The van der Waals surface area contributed by atoms with Crippen molar-refractivity contribution < 1.29 is 4.79 Å². The van der Waals surface area contributed by atoms with E-state index in [0.717, 1.165) is 31.7 Å². The van der Waals surface area contributed by atoms with Gasteiger partial charge in [0, 0.05) is 43.5 Å². The molecule has 110 valence electrons. The highest BCUT2D eigenvalue weighted by atomic mass is 16.2. The quantitative estimate of drug-likeness (QED) is 0.887. The molecule has 0 unspecified atom stereocenters. The molecular weight excluding hydrogens is 252 g/mol. The van der Waals surface area contributed by atoms with E-state index in [4.69, 9.17) is 0 Å². The van der Waals surface area contributed by atoms with E-state index in [0.29, 0.717) is 5.92 Å². The second kappa shape index (κ2) is 6.70. The lowest BCUT2D eigenvalue weighted by atomic mass is 9.96. The van der Waals surface area contributed by atoms with Gasteiger partial charge in [0.25, 0.3) is 0 Å². The first-order chi connectivity index (χ1) is 9.60. The summed E-state index contributed by atoms with van der Waals surface area (Å²) in [6.45, 7) is 4.50. The van der Waals surface area contributed by atoms with Crippen molar-refractivity contribution in [2.24, 2.45) is 0 Å². The number of hydrogen-bond acceptors (Lipinski definition) is 3. The van der Waals surface area contributed by atoms with Crippen molar-refractivity contribution in [3.05, 3.63) is 30.1 Å². The molecule has 0 bridgehead atoms. The second-order valence-electron chi connectivity index (χ2n) is 5.67. The molecule has 5 heteroatoms. The Hall–Kier alpha value is -1.62. The fourth-order valence-corrected chi connectivity index (χ4v) is 2.43. The van der Waals surface area contributed by atoms with E-state index in [1.807, 2.05) is 43.4 Å². The van der Waals surface area contributed by atoms with Crippen LogP contribution in [0.2, 0.25) is 0 Å². The summed E-state index contributed by atoms with van der Waals surface area (Å²) in [5.74, 6) is 0.385. The second-order valence-corrected chi connectivity index (χ2v) is 5.67. The number of nitrogens with zero attached hydrogens (tertiary/aromatic N) is 3. The Labute approximate surface area is 121 Å². The summed E-state index contributed by atoms with van der Waals surface area (Å²) in [6.07, 6.45) is 2.75. The molecule has 20 heavy (non-hydrogen) atoms. The minimum Gasteiger partial charge on any atom is -0.334 e. The van der Waals surface area contributed by atoms with Gasteiger partial charge in [-0.2, -0.15) is 0 Å². The minimum atomic E-state index is 0.0471. The highest BCUT2D eigenvalue weighted by Gasteiger charge is 2.33. The van der Waals surface area contributed by atoms with E-state index in [9.17, 15) is 4.79 Å². The van der Waals surface area contributed by atoms with Crippen LogP contribution in [0.5, 0.6) is 0 Å². The molecule has 5 nitrogen and oxygen atoms in total. The number of carbonyl (C=O) groups excluding carboxylic acids is 1. The number of urea groups is 1. The maximum absolute atomic E-state index is 12.1. The molecule has 2 amide bonds. The smallest absolute Gasteiger partial charge is 0.317 e. The Kier molecular flexibility index (Phi) is 4.95. The zero-order valence-corrected chi connectivity index (χ0v) is 12.5. The molecule has 1 aromatic rings. The molecule has 0 spiro atoms. The van der Waals surface area contributed by atoms with Gasteiger partial charge < -0.3 is 15.1 Å². The predicted molar refractivity (Wildman–Crippen MR) is 79.7 cm³/mol. The lowest BCUT2D eigenvalue weighted by molar-refractivity contribution is 0.144. The van der Waals surface area contributed by atoms with Gasteiger partial charge in [0.15, 0.2) is 0 Å². The minimum absolute atomic E-state index is 0.0471. The van der Waals surface area contributed by atoms with Gasteiger partial charge in [-0.25, -0.2) is 4.79 Å². The molecule has 0 aromatic carbocycles. The summed E-state index contributed by atoms with van der Waals surface area (Å²) in [5, 5.41) is 3.10. The fourth-order valence-electron chi connectivity index (χ4n) is 2.43. The number of likely N-dealkylation sites (tertiary alicyclic amines) is 1. The number of likely N-dealkylation sites (N-methyl/N-ethyl adjacent to an activating group) is 1. The molecule has 1 N–H and O–H groups in total. The number of nitrogens with one attached hydrogen (secondary N) is 1. The van der Waals surface area contributed by atoms with E-state index >= 15 is 0 Å². The van der Waals surface area contributed by atoms with Crippen molar-refractivity contribution in [2.75, 3.05) is 33.7 Å². The van der Waals surface area contributed by atoms with Crippen molar-refractivity contribution in [3.63, 3.8) is 0 Å². The molecule has 1 aromatic heterocycles. The number of amides is 2. The summed E-state index contributed by atoms with van der Waals surface area (Å²) in [6, 6.07) is 6.20. The van der Waals surface area contributed by atoms with Gasteiger partial charge in [0.05, 0.1) is 0 Å². The van der Waals surface area contributed by atoms with Crippen LogP contribution >= 0.6 is 0 Å². The van der Waals surface area contributed by atoms with Gasteiger partial charge in [-0.1, -0.05) is 13.0 Å². The SMILES string of the molecule is CC[C@H](CN(C)C)NC(=O)N1CC(c2ccccn2)C1. The van der Waals surface area contributed by atoms with E-state index < -0.39 is 0 Å². The average Bonchev–Trinajstić information content (AvgIpc) is 2.37. The standard InChI is InChI=1S/C15H24N4O/c1-4-13(11-18(2)3)17-15(20)19-9-12(10-19)14-7-5-6-8-16-14/h5-8,12-13H,4,9-11H2,1-3H3,(H,17,20)/t13-/m1/s1. The Bertz CT molecular complexity index is 429. The van der Waals surface area contributed by atoms with Gasteiger partial charge in [0.2, 0.25) is 0 Å². The summed E-state index contributed by atoms with van der Waals surface area (Å²) in [7, 11) is 4.05. The maximum atomic E-state index is 12.1. The van der Waals surface area contributed by atoms with Crippen LogP contribution in [0.4, 0.5) is 4.79 Å². The summed E-state index contributed by atoms with van der Waals surface area (Å²) in [5.41, 5.74) is 1.08. The van der Waals surface area contributed by atoms with Crippen LogP contribution in [0.25, 0.3) is 0 Å². The van der Waals surface area contributed by atoms with Crippen molar-refractivity contribution in [2.45, 2.75) is 25.3 Å². The van der Waals surface area contributed by atoms with Crippen LogP contribution in [0.3, 0.4) is 0 Å². The third-order valence-electron chi connectivity index (χ3n) is 3.68. The van der Waals surface area contributed by atoms with E-state index in [2.05, 4.69) is 22.1 Å². The Morgan fingerprint density at radius 2 is 2.25 bits per heavy atom. The zero-order chi connectivity index (χ0) is 14.5. The number of aromatic nitrogens is 1. The van der Waals surface area contributed by atoms with Gasteiger partial charge >= 0.3 is 6.03 Å². The third kappa shape index (κ3) is 3.70. The summed E-state index contributed by atoms with van der Waals surface area (Å²) in [4.78, 5) is 20.4. The van der Waals surface area contributed by atoms with Gasteiger partial charge in [-0.15, -0.1) is 0 Å². The Morgan fingerprint density at radius 3 is 2.80 bits per heavy atom. The van der Waals surface area contributed by atoms with Crippen LogP contribution < -0.4 is 5.32 Å². The van der Waals surface area contributed by atoms with Crippen molar-refractivity contribution in [1.82, 2.24) is 20.1 Å². The molecule has 1 atom stereocenters. The van der Waals surface area contributed by atoms with Crippen molar-refractivity contribution in [1.29, 1.82) is 0 Å². The van der Waals surface area contributed by atoms with Crippen LogP contribution in [0.15, 0.2) is 24.4 Å². The van der Waals surface area contributed by atoms with Crippen LogP contribution in [0, 0.1) is 0 Å². The van der Waals surface area contributed by atoms with Gasteiger partial charge in [-0.05, 0) is 32.6 Å². The summed E-state index contributed by atoms with van der Waals surface area (Å²) < 4.78 is 0. The van der Waals surface area contributed by atoms with E-state index in [-0.39, 0.29) is 12.1 Å². The third-order valence-corrected chi connectivity index (χ3v) is 3.68. The highest BCUT2D eigenvalue weighted by molar-refractivity contribution is 5.75. The lowest BCUT2D eigenvalue weighted by Gasteiger charge is -2.39. The maximum Gasteiger partial charge on any atom is 0.317 e. The number of carbonyl (C=O) groups is 1. The van der Waals surface area contributed by atoms with Crippen LogP contribution in [-0.4, -0.2) is 60.6 Å². The molecule has 2 rings (SSSR count). The first kappa shape index (κ1) is 14.8. The largest absolute Gasteiger partial charge is 0.334 e. The van der Waals surface area contributed by atoms with Crippen LogP contribution in [0.1, 0.15) is 25.0 Å². The number of hydrogen-bond donors (Lipinski definition) is 1. The van der Waals surface area contributed by atoms with Gasteiger partial charge in [-0.3, -0.25) is 4.98 Å². The van der Waals surface area contributed by atoms with Crippen molar-refractivity contribution >= 4 is 6.03 Å². The summed E-state index contributed by atoms with van der Waals surface area (Å²) >= 11 is 0. The molecule has 1 aliphatic rings. The lowest BCUT2D eigenvalue weighted by Crippen LogP contribution is -2.55. The molecule has 1 saturated heterocycles. The number of rotatable bonds is 5. The zero-order valence-electron chi connectivity index (χ0n) is 12.5. The monoisotopic (exact) mass is 276 g/mol. The molecule has 0 aliphatic carbocycles. The molecule has 0 radical (unpaired) electrons. The fraction of sp³-hybridized carbons (Fsp3) is 0.600. The molecular formula is C15H24N4O. The molecule has 1 fully saturated rings. The Morgan fingerprint density at radius 1 is 1.50 bits per heavy atom. The average molecular weight is 276 g/mol. The topological polar surface area (TPSA) is 48.5 Å².